The van der Waals surface area contributed by atoms with Crippen LogP contribution in [0.3, 0.4) is 0 Å². The maximum Gasteiger partial charge on any atom is 0.313 e. The lowest BCUT2D eigenvalue weighted by Gasteiger charge is -2.25. The minimum absolute atomic E-state index is 0.117. The van der Waals surface area contributed by atoms with Crippen LogP contribution < -0.4 is 25.2 Å². The Morgan fingerprint density at radius 2 is 1.70 bits per heavy atom. The standard InChI is InChI=1S/C23H30N4O3/c1-26(2)18-12-10-17(11-13-18)20(27-14-6-7-15-27)16-24-22(28)23(29)25-19-8-4-5-9-21(19)30-3/h4-5,8-13,20H,6-7,14-16H2,1-3H3,(H,24,28)(H,25,29)/p+1/t20-/m0/s1. The molecule has 0 bridgehead atoms. The minimum atomic E-state index is -0.697. The third-order valence-electron chi connectivity index (χ3n) is 5.58. The van der Waals surface area contributed by atoms with E-state index < -0.39 is 11.8 Å². The molecule has 1 fully saturated rings. The second kappa shape index (κ2) is 10.1. The summed E-state index contributed by atoms with van der Waals surface area (Å²) < 4.78 is 5.22. The van der Waals surface area contributed by atoms with E-state index in [0.717, 1.165) is 18.8 Å². The zero-order valence-electron chi connectivity index (χ0n) is 17.9. The topological polar surface area (TPSA) is 75.1 Å². The number of hydrogen-bond acceptors (Lipinski definition) is 4. The fourth-order valence-electron chi connectivity index (χ4n) is 3.88. The number of quaternary nitrogens is 1. The number of hydrogen-bond donors (Lipinski definition) is 3. The Morgan fingerprint density at radius 1 is 1.03 bits per heavy atom. The Morgan fingerprint density at radius 3 is 2.33 bits per heavy atom. The molecule has 0 radical (unpaired) electrons. The molecule has 7 nitrogen and oxygen atoms in total. The monoisotopic (exact) mass is 411 g/mol. The van der Waals surface area contributed by atoms with Crippen molar-refractivity contribution in [2.45, 2.75) is 18.9 Å². The lowest BCUT2D eigenvalue weighted by atomic mass is 10.0. The second-order valence-corrected chi connectivity index (χ2v) is 7.77. The number of amides is 2. The number of rotatable bonds is 7. The van der Waals surface area contributed by atoms with Crippen molar-refractivity contribution in [2.75, 3.05) is 51.1 Å². The van der Waals surface area contributed by atoms with Crippen molar-refractivity contribution < 1.29 is 19.2 Å². The quantitative estimate of drug-likeness (QED) is 0.600. The zero-order chi connectivity index (χ0) is 21.5. The van der Waals surface area contributed by atoms with Crippen LogP contribution in [0.1, 0.15) is 24.4 Å². The lowest BCUT2D eigenvalue weighted by molar-refractivity contribution is -0.918. The lowest BCUT2D eigenvalue weighted by Crippen LogP contribution is -3.11. The van der Waals surface area contributed by atoms with E-state index in [1.807, 2.05) is 14.1 Å². The van der Waals surface area contributed by atoms with Gasteiger partial charge in [-0.3, -0.25) is 9.59 Å². The second-order valence-electron chi connectivity index (χ2n) is 7.77. The summed E-state index contributed by atoms with van der Waals surface area (Å²) in [6.07, 6.45) is 2.37. The van der Waals surface area contributed by atoms with E-state index >= 15 is 0 Å². The number of likely N-dealkylation sites (tertiary alicyclic amines) is 1. The molecule has 2 aromatic rings. The van der Waals surface area contributed by atoms with Gasteiger partial charge < -0.3 is 25.2 Å². The number of carbonyl (C=O) groups excluding carboxylic acids is 2. The van der Waals surface area contributed by atoms with Gasteiger partial charge in [0.05, 0.1) is 32.4 Å². The molecule has 1 aliphatic rings. The zero-order valence-corrected chi connectivity index (χ0v) is 17.9. The van der Waals surface area contributed by atoms with E-state index in [1.54, 1.807) is 24.3 Å². The van der Waals surface area contributed by atoms with Crippen molar-refractivity contribution in [1.82, 2.24) is 5.32 Å². The number of nitrogens with zero attached hydrogens (tertiary/aromatic N) is 1. The molecular formula is C23H31N4O3+. The number of anilines is 2. The van der Waals surface area contributed by atoms with Crippen molar-refractivity contribution >= 4 is 23.2 Å². The van der Waals surface area contributed by atoms with Gasteiger partial charge in [0.15, 0.2) is 0 Å². The van der Waals surface area contributed by atoms with Gasteiger partial charge in [-0.05, 0) is 24.3 Å². The molecule has 0 unspecified atom stereocenters. The third-order valence-corrected chi connectivity index (χ3v) is 5.58. The summed E-state index contributed by atoms with van der Waals surface area (Å²) >= 11 is 0. The van der Waals surface area contributed by atoms with Crippen molar-refractivity contribution in [3.8, 4) is 5.75 Å². The molecule has 7 heteroatoms. The van der Waals surface area contributed by atoms with Crippen molar-refractivity contribution in [3.63, 3.8) is 0 Å². The molecule has 1 saturated heterocycles. The average molecular weight is 412 g/mol. The first-order valence-corrected chi connectivity index (χ1v) is 10.3. The SMILES string of the molecule is COc1ccccc1NC(=O)C(=O)NC[C@@H](c1ccc(N(C)C)cc1)[NH+]1CCCC1. The number of ether oxygens (including phenoxy) is 1. The van der Waals surface area contributed by atoms with Crippen LogP contribution in [-0.4, -0.2) is 52.7 Å². The normalized spacial score (nSPS) is 14.8. The molecule has 2 amide bonds. The number of nitrogens with one attached hydrogen (secondary N) is 3. The van der Waals surface area contributed by atoms with Gasteiger partial charge in [0.2, 0.25) is 0 Å². The highest BCUT2D eigenvalue weighted by atomic mass is 16.5. The van der Waals surface area contributed by atoms with E-state index in [9.17, 15) is 9.59 Å². The average Bonchev–Trinajstić information content (AvgIpc) is 3.29. The summed E-state index contributed by atoms with van der Waals surface area (Å²) in [6.45, 7) is 2.56. The fourth-order valence-corrected chi connectivity index (χ4v) is 3.88. The number of benzene rings is 2. The summed E-state index contributed by atoms with van der Waals surface area (Å²) in [4.78, 5) is 28.3. The molecule has 3 N–H and O–H groups in total. The van der Waals surface area contributed by atoms with E-state index in [1.165, 1.54) is 30.4 Å². The fraction of sp³-hybridized carbons (Fsp3) is 0.391. The predicted octanol–water partition coefficient (Wildman–Crippen LogP) is 1.24. The van der Waals surface area contributed by atoms with Gasteiger partial charge >= 0.3 is 11.8 Å². The Kier molecular flexibility index (Phi) is 7.30. The highest BCUT2D eigenvalue weighted by molar-refractivity contribution is 6.39. The van der Waals surface area contributed by atoms with Crippen molar-refractivity contribution in [3.05, 3.63) is 54.1 Å². The number of para-hydroxylation sites is 2. The van der Waals surface area contributed by atoms with Crippen LogP contribution >= 0.6 is 0 Å². The first-order valence-electron chi connectivity index (χ1n) is 10.3. The minimum Gasteiger partial charge on any atom is -0.495 e. The molecule has 0 aromatic heterocycles. The first kappa shape index (κ1) is 21.6. The molecule has 0 aliphatic carbocycles. The first-order chi connectivity index (χ1) is 14.5. The Hall–Kier alpha value is -3.06. The molecule has 2 aromatic carbocycles. The van der Waals surface area contributed by atoms with Crippen LogP contribution in [0.5, 0.6) is 5.75 Å². The van der Waals surface area contributed by atoms with Gasteiger partial charge in [-0.1, -0.05) is 24.3 Å². The Balaban J connectivity index is 1.66. The number of carbonyl (C=O) groups is 2. The molecule has 30 heavy (non-hydrogen) atoms. The van der Waals surface area contributed by atoms with Gasteiger partial charge in [-0.15, -0.1) is 0 Å². The molecule has 0 spiro atoms. The molecular weight excluding hydrogens is 380 g/mol. The highest BCUT2D eigenvalue weighted by Crippen LogP contribution is 2.22. The molecule has 1 atom stereocenters. The molecule has 1 aliphatic heterocycles. The summed E-state index contributed by atoms with van der Waals surface area (Å²) in [5.74, 6) is -0.828. The predicted molar refractivity (Wildman–Crippen MR) is 118 cm³/mol. The summed E-state index contributed by atoms with van der Waals surface area (Å²) in [5, 5.41) is 5.46. The van der Waals surface area contributed by atoms with E-state index in [0.29, 0.717) is 18.0 Å². The van der Waals surface area contributed by atoms with Gasteiger partial charge in [0.1, 0.15) is 11.8 Å². The van der Waals surface area contributed by atoms with Crippen LogP contribution in [0.15, 0.2) is 48.5 Å². The van der Waals surface area contributed by atoms with Crippen molar-refractivity contribution in [2.24, 2.45) is 0 Å². The Bertz CT molecular complexity index is 861. The molecule has 3 rings (SSSR count). The summed E-state index contributed by atoms with van der Waals surface area (Å²) in [7, 11) is 5.55. The van der Waals surface area contributed by atoms with Gasteiger partial charge in [0.25, 0.3) is 0 Å². The highest BCUT2D eigenvalue weighted by Gasteiger charge is 2.28. The summed E-state index contributed by atoms with van der Waals surface area (Å²) in [6, 6.07) is 15.6. The molecule has 0 saturated carbocycles. The Labute approximate surface area is 178 Å². The third kappa shape index (κ3) is 5.30. The van der Waals surface area contributed by atoms with Gasteiger partial charge in [-0.25, -0.2) is 0 Å². The summed E-state index contributed by atoms with van der Waals surface area (Å²) in [5.41, 5.74) is 2.78. The van der Waals surface area contributed by atoms with Crippen LogP contribution in [0.25, 0.3) is 0 Å². The van der Waals surface area contributed by atoms with Crippen LogP contribution in [0.2, 0.25) is 0 Å². The van der Waals surface area contributed by atoms with Crippen LogP contribution in [0, 0.1) is 0 Å². The maximum atomic E-state index is 12.5. The molecule has 1 heterocycles. The largest absolute Gasteiger partial charge is 0.495 e. The van der Waals surface area contributed by atoms with Crippen LogP contribution in [-0.2, 0) is 9.59 Å². The maximum absolute atomic E-state index is 12.5. The van der Waals surface area contributed by atoms with Crippen molar-refractivity contribution in [1.29, 1.82) is 0 Å². The van der Waals surface area contributed by atoms with E-state index in [4.69, 9.17) is 4.74 Å². The van der Waals surface area contributed by atoms with Gasteiger partial charge in [0, 0.05) is 38.2 Å². The van der Waals surface area contributed by atoms with Crippen LogP contribution in [0.4, 0.5) is 11.4 Å². The van der Waals surface area contributed by atoms with E-state index in [-0.39, 0.29) is 6.04 Å². The molecule has 160 valence electrons. The smallest absolute Gasteiger partial charge is 0.313 e. The van der Waals surface area contributed by atoms with E-state index in [2.05, 4.69) is 39.8 Å². The number of methoxy groups -OCH3 is 1. The van der Waals surface area contributed by atoms with Gasteiger partial charge in [-0.2, -0.15) is 0 Å².